The van der Waals surface area contributed by atoms with Crippen LogP contribution in [0.25, 0.3) is 0 Å². The first-order valence-electron chi connectivity index (χ1n) is 29.7. The molecule has 0 aliphatic heterocycles. The second kappa shape index (κ2) is 51.6. The highest BCUT2D eigenvalue weighted by atomic mass is 16.7. The number of carbonyl (C=O) groups excluding carboxylic acids is 2. The maximum atomic E-state index is 12.8. The van der Waals surface area contributed by atoms with Gasteiger partial charge in [-0.3, -0.25) is 9.59 Å². The third kappa shape index (κ3) is 52.1. The lowest BCUT2D eigenvalue weighted by Crippen LogP contribution is -2.40. The van der Waals surface area contributed by atoms with E-state index in [1.54, 1.807) is 0 Å². The fraction of sp³-hybridized carbons (Fsp3) is 0.949. The van der Waals surface area contributed by atoms with Crippen LogP contribution in [0.2, 0.25) is 0 Å². The molecule has 0 aromatic carbocycles. The highest BCUT2D eigenvalue weighted by molar-refractivity contribution is 5.71. The third-order valence-corrected chi connectivity index (χ3v) is 13.6. The van der Waals surface area contributed by atoms with Gasteiger partial charge in [0.2, 0.25) is 0 Å². The van der Waals surface area contributed by atoms with Gasteiger partial charge in [-0.25, -0.2) is 4.79 Å². The molecule has 0 saturated carbocycles. The van der Waals surface area contributed by atoms with Gasteiger partial charge in [-0.1, -0.05) is 277 Å². The number of ether oxygens (including phenoxy) is 4. The lowest BCUT2D eigenvalue weighted by Gasteiger charge is -2.25. The molecule has 0 aromatic heterocycles. The van der Waals surface area contributed by atoms with E-state index in [0.717, 1.165) is 51.4 Å². The number of carbonyl (C=O) groups is 3. The van der Waals surface area contributed by atoms with Crippen LogP contribution in [0.1, 0.15) is 303 Å². The second-order valence-corrected chi connectivity index (χ2v) is 21.7. The Bertz CT molecular complexity index is 1080. The maximum absolute atomic E-state index is 12.8. The molecule has 0 rings (SSSR count). The standard InChI is InChI=1S/C59H115NO8/c1-6-8-10-12-13-14-15-16-17-18-19-20-21-22-23-24-25-26-27-28-29-30-31-32-33-34-35-36-37-38-39-40-41-42-43-44-46-48-50-57(62)68-55(53-66-56(61)49-47-45-11-9-7-2)54-67-59(58(63)64)65-52-51-60(3,4)5/h55,59H,6-54H2,1-5H3/p+1. The summed E-state index contributed by atoms with van der Waals surface area (Å²) in [5.74, 6) is -2.00. The van der Waals surface area contributed by atoms with Crippen LogP contribution in [0.4, 0.5) is 0 Å². The van der Waals surface area contributed by atoms with E-state index in [4.69, 9.17) is 18.9 Å². The van der Waals surface area contributed by atoms with E-state index < -0.39 is 24.3 Å². The average Bonchev–Trinajstić information content (AvgIpc) is 3.30. The summed E-state index contributed by atoms with van der Waals surface area (Å²) in [6, 6.07) is 0. The van der Waals surface area contributed by atoms with Gasteiger partial charge < -0.3 is 28.5 Å². The lowest BCUT2D eigenvalue weighted by molar-refractivity contribution is -0.870. The highest BCUT2D eigenvalue weighted by Crippen LogP contribution is 2.18. The summed E-state index contributed by atoms with van der Waals surface area (Å²) in [4.78, 5) is 36.9. The SMILES string of the molecule is CCCCCCCCCCCCCCCCCCCCCCCCCCCCCCCCCCCCCCCCC(=O)OC(COC(=O)CCCCCCC)COC(OCC[N+](C)(C)C)C(=O)O. The fourth-order valence-electron chi connectivity index (χ4n) is 9.02. The summed E-state index contributed by atoms with van der Waals surface area (Å²) in [5.41, 5.74) is 0. The van der Waals surface area contributed by atoms with Gasteiger partial charge >= 0.3 is 17.9 Å². The largest absolute Gasteiger partial charge is 0.477 e. The predicted octanol–water partition coefficient (Wildman–Crippen LogP) is 17.2. The van der Waals surface area contributed by atoms with Crippen LogP contribution >= 0.6 is 0 Å². The molecule has 0 amide bonds. The molecule has 0 aliphatic carbocycles. The number of nitrogens with zero attached hydrogens (tertiary/aromatic N) is 1. The zero-order valence-electron chi connectivity index (χ0n) is 46.1. The molecule has 1 N–H and O–H groups in total. The molecule has 2 unspecified atom stereocenters. The Hall–Kier alpha value is -1.71. The minimum Gasteiger partial charge on any atom is -0.477 e. The molecule has 0 saturated heterocycles. The zero-order chi connectivity index (χ0) is 49.9. The van der Waals surface area contributed by atoms with E-state index in [-0.39, 0.29) is 32.2 Å². The van der Waals surface area contributed by atoms with Crippen molar-refractivity contribution >= 4 is 17.9 Å². The predicted molar refractivity (Wildman–Crippen MR) is 286 cm³/mol. The zero-order valence-corrected chi connectivity index (χ0v) is 46.1. The highest BCUT2D eigenvalue weighted by Gasteiger charge is 2.25. The van der Waals surface area contributed by atoms with Crippen molar-refractivity contribution < 1.29 is 42.9 Å². The Labute approximate surface area is 422 Å². The first-order chi connectivity index (χ1) is 33.1. The Morgan fingerprint density at radius 2 is 0.662 bits per heavy atom. The van der Waals surface area contributed by atoms with Gasteiger partial charge in [0.1, 0.15) is 13.2 Å². The van der Waals surface area contributed by atoms with Crippen LogP contribution in [0, 0.1) is 0 Å². The number of hydrogen-bond donors (Lipinski definition) is 1. The molecule has 0 radical (unpaired) electrons. The van der Waals surface area contributed by atoms with Crippen LogP contribution in [-0.2, 0) is 33.3 Å². The normalized spacial score (nSPS) is 12.7. The monoisotopic (exact) mass is 967 g/mol. The first kappa shape index (κ1) is 66.3. The van der Waals surface area contributed by atoms with Crippen molar-refractivity contribution in [2.24, 2.45) is 0 Å². The molecule has 2 atom stereocenters. The van der Waals surface area contributed by atoms with Crippen LogP contribution in [0.3, 0.4) is 0 Å². The molecule has 404 valence electrons. The van der Waals surface area contributed by atoms with Crippen molar-refractivity contribution in [3.05, 3.63) is 0 Å². The van der Waals surface area contributed by atoms with E-state index in [2.05, 4.69) is 13.8 Å². The number of carboxylic acid groups (broad SMARTS) is 1. The Kier molecular flexibility index (Phi) is 50.3. The summed E-state index contributed by atoms with van der Waals surface area (Å²) < 4.78 is 22.6. The minimum absolute atomic E-state index is 0.176. The summed E-state index contributed by atoms with van der Waals surface area (Å²) in [5, 5.41) is 9.61. The van der Waals surface area contributed by atoms with Gasteiger partial charge in [-0.15, -0.1) is 0 Å². The Morgan fingerprint density at radius 3 is 0.941 bits per heavy atom. The molecule has 0 aliphatic rings. The lowest BCUT2D eigenvalue weighted by atomic mass is 10.0. The molecule has 9 heteroatoms. The number of unbranched alkanes of at least 4 members (excludes halogenated alkanes) is 41. The van der Waals surface area contributed by atoms with E-state index in [1.165, 1.54) is 225 Å². The van der Waals surface area contributed by atoms with Crippen molar-refractivity contribution in [1.29, 1.82) is 0 Å². The molecule has 68 heavy (non-hydrogen) atoms. The Morgan fingerprint density at radius 1 is 0.382 bits per heavy atom. The quantitative estimate of drug-likeness (QED) is 0.0278. The molecular weight excluding hydrogens is 851 g/mol. The molecule has 9 nitrogen and oxygen atoms in total. The van der Waals surface area contributed by atoms with Crippen molar-refractivity contribution in [3.63, 3.8) is 0 Å². The van der Waals surface area contributed by atoms with Gasteiger partial charge in [-0.2, -0.15) is 0 Å². The van der Waals surface area contributed by atoms with Gasteiger partial charge in [0.25, 0.3) is 6.29 Å². The summed E-state index contributed by atoms with van der Waals surface area (Å²) >= 11 is 0. The van der Waals surface area contributed by atoms with Gasteiger partial charge in [-0.05, 0) is 12.8 Å². The number of rotatable bonds is 56. The van der Waals surface area contributed by atoms with Gasteiger partial charge in [0.05, 0.1) is 34.4 Å². The van der Waals surface area contributed by atoms with Crippen molar-refractivity contribution in [2.75, 3.05) is 47.5 Å². The van der Waals surface area contributed by atoms with E-state index in [0.29, 0.717) is 17.4 Å². The van der Waals surface area contributed by atoms with Crippen molar-refractivity contribution in [3.8, 4) is 0 Å². The number of aliphatic carboxylic acids is 1. The fourth-order valence-corrected chi connectivity index (χ4v) is 9.02. The molecule has 0 aromatic rings. The molecule has 0 spiro atoms. The first-order valence-corrected chi connectivity index (χ1v) is 29.7. The summed E-state index contributed by atoms with van der Waals surface area (Å²) in [6.07, 6.45) is 55.7. The van der Waals surface area contributed by atoms with Crippen molar-refractivity contribution in [1.82, 2.24) is 0 Å². The number of esters is 2. The number of likely N-dealkylation sites (N-methyl/N-ethyl adjacent to an activating group) is 1. The third-order valence-electron chi connectivity index (χ3n) is 13.6. The Balaban J connectivity index is 3.72. The average molecular weight is 968 g/mol. The summed E-state index contributed by atoms with van der Waals surface area (Å²) in [6.45, 7) is 4.82. The number of quaternary nitrogens is 1. The smallest absolute Gasteiger partial charge is 0.361 e. The van der Waals surface area contributed by atoms with E-state index >= 15 is 0 Å². The van der Waals surface area contributed by atoms with Gasteiger partial charge in [0.15, 0.2) is 6.10 Å². The van der Waals surface area contributed by atoms with Crippen LogP contribution in [0.15, 0.2) is 0 Å². The second-order valence-electron chi connectivity index (χ2n) is 21.7. The minimum atomic E-state index is -1.50. The van der Waals surface area contributed by atoms with E-state index in [1.807, 2.05) is 21.1 Å². The molecular formula is C59H116NO8+. The van der Waals surface area contributed by atoms with Crippen LogP contribution in [-0.4, -0.2) is 87.4 Å². The number of carboxylic acids is 1. The van der Waals surface area contributed by atoms with Crippen LogP contribution < -0.4 is 0 Å². The molecule has 0 bridgehead atoms. The maximum Gasteiger partial charge on any atom is 0.361 e. The summed E-state index contributed by atoms with van der Waals surface area (Å²) in [7, 11) is 5.96. The van der Waals surface area contributed by atoms with Crippen LogP contribution in [0.5, 0.6) is 0 Å². The topological polar surface area (TPSA) is 108 Å². The van der Waals surface area contributed by atoms with Crippen molar-refractivity contribution in [2.45, 2.75) is 315 Å². The number of hydrogen-bond acceptors (Lipinski definition) is 7. The molecule has 0 heterocycles. The van der Waals surface area contributed by atoms with Gasteiger partial charge in [0, 0.05) is 12.8 Å². The van der Waals surface area contributed by atoms with E-state index in [9.17, 15) is 19.5 Å². The molecule has 0 fully saturated rings.